The molecule has 1 aliphatic rings. The molecule has 1 amide bonds. The number of nitrogens with zero attached hydrogens (tertiary/aromatic N) is 4. The summed E-state index contributed by atoms with van der Waals surface area (Å²) in [4.78, 5) is 14.1. The minimum atomic E-state index is -0.157. The van der Waals surface area contributed by atoms with Crippen molar-refractivity contribution in [2.45, 2.75) is 25.4 Å². The molecule has 2 aromatic rings. The number of nitrogens with one attached hydrogen (secondary N) is 1. The second kappa shape index (κ2) is 4.56. The molecule has 1 N–H and O–H groups in total. The van der Waals surface area contributed by atoms with E-state index >= 15 is 0 Å². The Bertz CT molecular complexity index is 521. The fourth-order valence-electron chi connectivity index (χ4n) is 1.91. The van der Waals surface area contributed by atoms with Gasteiger partial charge in [0.15, 0.2) is 0 Å². The maximum Gasteiger partial charge on any atom is 0.296 e. The zero-order chi connectivity index (χ0) is 12.4. The quantitative estimate of drug-likeness (QED) is 0.869. The van der Waals surface area contributed by atoms with E-state index in [0.29, 0.717) is 12.6 Å². The van der Waals surface area contributed by atoms with Gasteiger partial charge in [0.1, 0.15) is 0 Å². The van der Waals surface area contributed by atoms with Crippen molar-refractivity contribution < 1.29 is 4.79 Å². The van der Waals surface area contributed by atoms with Crippen LogP contribution in [-0.4, -0.2) is 37.5 Å². The van der Waals surface area contributed by atoms with E-state index < -0.39 is 0 Å². The van der Waals surface area contributed by atoms with Gasteiger partial charge in [-0.15, -0.1) is 10.2 Å². The average Bonchev–Trinajstić information content (AvgIpc) is 3.10. The lowest BCUT2D eigenvalue weighted by molar-refractivity contribution is 0.0717. The minimum Gasteiger partial charge on any atom is -0.328 e. The van der Waals surface area contributed by atoms with Crippen LogP contribution in [0.3, 0.4) is 0 Å². The van der Waals surface area contributed by atoms with E-state index in [1.807, 2.05) is 35.2 Å². The molecule has 0 radical (unpaired) electrons. The molecular weight excluding hydrogens is 230 g/mol. The van der Waals surface area contributed by atoms with Crippen LogP contribution in [0.5, 0.6) is 0 Å². The lowest BCUT2D eigenvalue weighted by atomic mass is 10.2. The number of H-pyrrole nitrogens is 1. The number of benzene rings is 1. The molecule has 0 unspecified atom stereocenters. The average molecular weight is 243 g/mol. The van der Waals surface area contributed by atoms with Gasteiger partial charge in [-0.05, 0) is 23.6 Å². The number of aromatic amines is 1. The van der Waals surface area contributed by atoms with Crippen LogP contribution in [0.4, 0.5) is 0 Å². The van der Waals surface area contributed by atoms with E-state index in [2.05, 4.69) is 20.6 Å². The standard InChI is InChI=1S/C12H13N5O/c18-12(11-13-15-16-14-11)17(10-6-7-10)8-9-4-2-1-3-5-9/h1-5,10H,6-8H2,(H,13,14,15,16). The molecular formula is C12H13N5O. The number of carbonyl (C=O) groups is 1. The van der Waals surface area contributed by atoms with Gasteiger partial charge in [0, 0.05) is 12.6 Å². The predicted molar refractivity (Wildman–Crippen MR) is 63.5 cm³/mol. The molecule has 6 nitrogen and oxygen atoms in total. The second-order valence-electron chi connectivity index (χ2n) is 4.39. The normalized spacial score (nSPS) is 14.4. The number of hydrogen-bond donors (Lipinski definition) is 1. The van der Waals surface area contributed by atoms with Gasteiger partial charge in [0.25, 0.3) is 11.7 Å². The second-order valence-corrected chi connectivity index (χ2v) is 4.39. The number of rotatable bonds is 4. The molecule has 0 atom stereocenters. The molecule has 1 saturated carbocycles. The van der Waals surface area contributed by atoms with Gasteiger partial charge < -0.3 is 4.90 Å². The molecule has 0 spiro atoms. The number of amides is 1. The predicted octanol–water partition coefficient (Wildman–Crippen LogP) is 1.00. The molecule has 1 heterocycles. The first-order chi connectivity index (χ1) is 8.84. The van der Waals surface area contributed by atoms with Crippen molar-refractivity contribution in [1.29, 1.82) is 0 Å². The van der Waals surface area contributed by atoms with Gasteiger partial charge in [-0.3, -0.25) is 4.79 Å². The Balaban J connectivity index is 1.79. The van der Waals surface area contributed by atoms with Crippen molar-refractivity contribution >= 4 is 5.91 Å². The largest absolute Gasteiger partial charge is 0.328 e. The molecule has 6 heteroatoms. The maximum absolute atomic E-state index is 12.2. The third kappa shape index (κ3) is 2.22. The highest BCUT2D eigenvalue weighted by atomic mass is 16.2. The zero-order valence-corrected chi connectivity index (χ0v) is 9.78. The van der Waals surface area contributed by atoms with Crippen LogP contribution in [0.15, 0.2) is 30.3 Å². The molecule has 1 aromatic heterocycles. The summed E-state index contributed by atoms with van der Waals surface area (Å²) in [5.74, 6) is -0.0204. The third-order valence-corrected chi connectivity index (χ3v) is 2.98. The Morgan fingerprint density at radius 3 is 2.72 bits per heavy atom. The SMILES string of the molecule is O=C(c1nn[nH]n1)N(Cc1ccccc1)C1CC1. The molecule has 0 saturated heterocycles. The highest BCUT2D eigenvalue weighted by Gasteiger charge is 2.34. The molecule has 1 aliphatic carbocycles. The Morgan fingerprint density at radius 2 is 2.11 bits per heavy atom. The van der Waals surface area contributed by atoms with Crippen LogP contribution in [0, 0.1) is 0 Å². The molecule has 3 rings (SSSR count). The van der Waals surface area contributed by atoms with Crippen LogP contribution in [0.25, 0.3) is 0 Å². The topological polar surface area (TPSA) is 74.8 Å². The Morgan fingerprint density at radius 1 is 1.33 bits per heavy atom. The number of hydrogen-bond acceptors (Lipinski definition) is 4. The van der Waals surface area contributed by atoms with Crippen molar-refractivity contribution in [3.63, 3.8) is 0 Å². The fraction of sp³-hybridized carbons (Fsp3) is 0.333. The van der Waals surface area contributed by atoms with Crippen molar-refractivity contribution in [3.8, 4) is 0 Å². The van der Waals surface area contributed by atoms with Crippen molar-refractivity contribution in [1.82, 2.24) is 25.5 Å². The highest BCUT2D eigenvalue weighted by Crippen LogP contribution is 2.29. The monoisotopic (exact) mass is 243 g/mol. The first-order valence-electron chi connectivity index (χ1n) is 5.93. The Hall–Kier alpha value is -2.24. The van der Waals surface area contributed by atoms with E-state index in [4.69, 9.17) is 0 Å². The van der Waals surface area contributed by atoms with Crippen LogP contribution >= 0.6 is 0 Å². The molecule has 0 aliphatic heterocycles. The van der Waals surface area contributed by atoms with Gasteiger partial charge in [-0.25, -0.2) is 0 Å². The molecule has 18 heavy (non-hydrogen) atoms. The molecule has 0 bridgehead atoms. The maximum atomic E-state index is 12.2. The van der Waals surface area contributed by atoms with Gasteiger partial charge in [0.2, 0.25) is 0 Å². The number of aromatic nitrogens is 4. The summed E-state index contributed by atoms with van der Waals surface area (Å²) < 4.78 is 0. The van der Waals surface area contributed by atoms with Crippen molar-refractivity contribution in [2.24, 2.45) is 0 Å². The number of tetrazole rings is 1. The van der Waals surface area contributed by atoms with Crippen LogP contribution in [-0.2, 0) is 6.54 Å². The first-order valence-corrected chi connectivity index (χ1v) is 5.93. The Kier molecular flexibility index (Phi) is 2.76. The van der Waals surface area contributed by atoms with Gasteiger partial charge >= 0.3 is 0 Å². The summed E-state index contributed by atoms with van der Waals surface area (Å²) in [6.07, 6.45) is 2.10. The van der Waals surface area contributed by atoms with E-state index in [9.17, 15) is 4.79 Å². The number of carbonyl (C=O) groups excluding carboxylic acids is 1. The smallest absolute Gasteiger partial charge is 0.296 e. The van der Waals surface area contributed by atoms with Crippen LogP contribution in [0.1, 0.15) is 29.0 Å². The lowest BCUT2D eigenvalue weighted by Crippen LogP contribution is -2.33. The van der Waals surface area contributed by atoms with Gasteiger partial charge in [-0.1, -0.05) is 30.3 Å². The van der Waals surface area contributed by atoms with Crippen molar-refractivity contribution in [3.05, 3.63) is 41.7 Å². The summed E-state index contributed by atoms with van der Waals surface area (Å²) in [5.41, 5.74) is 1.11. The lowest BCUT2D eigenvalue weighted by Gasteiger charge is -2.20. The van der Waals surface area contributed by atoms with E-state index in [1.165, 1.54) is 0 Å². The first kappa shape index (κ1) is 10.9. The summed E-state index contributed by atoms with van der Waals surface area (Å²) in [6.45, 7) is 0.596. The fourth-order valence-corrected chi connectivity index (χ4v) is 1.91. The van der Waals surface area contributed by atoms with E-state index in [-0.39, 0.29) is 11.7 Å². The van der Waals surface area contributed by atoms with Crippen LogP contribution in [0.2, 0.25) is 0 Å². The van der Waals surface area contributed by atoms with E-state index in [0.717, 1.165) is 18.4 Å². The van der Waals surface area contributed by atoms with E-state index in [1.54, 1.807) is 0 Å². The van der Waals surface area contributed by atoms with Gasteiger partial charge in [-0.2, -0.15) is 5.21 Å². The zero-order valence-electron chi connectivity index (χ0n) is 9.78. The summed E-state index contributed by atoms with van der Waals surface area (Å²) >= 11 is 0. The summed E-state index contributed by atoms with van der Waals surface area (Å²) in [5, 5.41) is 13.2. The van der Waals surface area contributed by atoms with Crippen molar-refractivity contribution in [2.75, 3.05) is 0 Å². The molecule has 1 aromatic carbocycles. The molecule has 92 valence electrons. The summed E-state index contributed by atoms with van der Waals surface area (Å²) in [6, 6.07) is 10.2. The van der Waals surface area contributed by atoms with Crippen LogP contribution < -0.4 is 0 Å². The summed E-state index contributed by atoms with van der Waals surface area (Å²) in [7, 11) is 0. The van der Waals surface area contributed by atoms with Gasteiger partial charge in [0.05, 0.1) is 0 Å². The molecule has 1 fully saturated rings. The third-order valence-electron chi connectivity index (χ3n) is 2.98. The highest BCUT2D eigenvalue weighted by molar-refractivity contribution is 5.90. The minimum absolute atomic E-state index is 0.137. The Labute approximate surface area is 104 Å².